The number of hydrogen-bond acceptors (Lipinski definition) is 3. The Kier molecular flexibility index (Phi) is 5.22. The van der Waals surface area contributed by atoms with Crippen LogP contribution < -0.4 is 0 Å². The van der Waals surface area contributed by atoms with Crippen molar-refractivity contribution in [1.29, 1.82) is 0 Å². The number of amides is 1. The van der Waals surface area contributed by atoms with Crippen LogP contribution in [0.15, 0.2) is 48.8 Å². The predicted octanol–water partition coefficient (Wildman–Crippen LogP) is 2.86. The van der Waals surface area contributed by atoms with E-state index in [0.29, 0.717) is 5.56 Å². The third kappa shape index (κ3) is 3.89. The van der Waals surface area contributed by atoms with Gasteiger partial charge < -0.3 is 10.0 Å². The number of aliphatic hydroxyl groups is 1. The van der Waals surface area contributed by atoms with E-state index in [9.17, 15) is 14.3 Å². The Labute approximate surface area is 129 Å². The molecule has 0 bridgehead atoms. The predicted molar refractivity (Wildman–Crippen MR) is 81.4 cm³/mol. The van der Waals surface area contributed by atoms with Crippen LogP contribution in [0.5, 0.6) is 0 Å². The fourth-order valence-corrected chi connectivity index (χ4v) is 2.22. The highest BCUT2D eigenvalue weighted by molar-refractivity contribution is 5.77. The number of nitrogens with zero attached hydrogens (tertiary/aromatic N) is 2. The summed E-state index contributed by atoms with van der Waals surface area (Å²) in [5.41, 5.74) is 1.37. The number of aliphatic hydroxyl groups excluding tert-OH is 1. The SMILES string of the molecule is CC(c1ccncc1)N(C)C(=O)CC(O)c1cccc(F)c1. The van der Waals surface area contributed by atoms with Gasteiger partial charge in [0.25, 0.3) is 0 Å². The molecule has 1 amide bonds. The summed E-state index contributed by atoms with van der Waals surface area (Å²) < 4.78 is 13.2. The lowest BCUT2D eigenvalue weighted by atomic mass is 10.0. The lowest BCUT2D eigenvalue weighted by Gasteiger charge is -2.26. The molecule has 1 aromatic heterocycles. The minimum atomic E-state index is -1.02. The second kappa shape index (κ2) is 7.13. The van der Waals surface area contributed by atoms with Crippen molar-refractivity contribution in [2.75, 3.05) is 7.05 Å². The van der Waals surface area contributed by atoms with E-state index in [1.807, 2.05) is 19.1 Å². The molecular weight excluding hydrogens is 283 g/mol. The molecule has 0 aliphatic heterocycles. The number of halogens is 1. The number of carbonyl (C=O) groups is 1. The molecule has 1 heterocycles. The summed E-state index contributed by atoms with van der Waals surface area (Å²) in [6.07, 6.45) is 2.24. The van der Waals surface area contributed by atoms with Crippen LogP contribution >= 0.6 is 0 Å². The van der Waals surface area contributed by atoms with Gasteiger partial charge in [0.15, 0.2) is 0 Å². The van der Waals surface area contributed by atoms with Gasteiger partial charge >= 0.3 is 0 Å². The lowest BCUT2D eigenvalue weighted by Crippen LogP contribution is -2.30. The normalized spacial score (nSPS) is 13.5. The third-order valence-electron chi connectivity index (χ3n) is 3.76. The fraction of sp³-hybridized carbons (Fsp3) is 0.294. The van der Waals surface area contributed by atoms with E-state index in [1.54, 1.807) is 30.4 Å². The second-order valence-corrected chi connectivity index (χ2v) is 5.24. The monoisotopic (exact) mass is 302 g/mol. The van der Waals surface area contributed by atoms with E-state index in [1.165, 1.54) is 18.2 Å². The number of rotatable bonds is 5. The molecule has 0 aliphatic carbocycles. The van der Waals surface area contributed by atoms with Crippen LogP contribution in [0.3, 0.4) is 0 Å². The molecular formula is C17H19FN2O2. The van der Waals surface area contributed by atoms with Gasteiger partial charge in [-0.15, -0.1) is 0 Å². The fourth-order valence-electron chi connectivity index (χ4n) is 2.22. The zero-order chi connectivity index (χ0) is 16.1. The first-order chi connectivity index (χ1) is 10.5. The van der Waals surface area contributed by atoms with Gasteiger partial charge in [-0.1, -0.05) is 12.1 Å². The summed E-state index contributed by atoms with van der Waals surface area (Å²) in [5.74, 6) is -0.636. The van der Waals surface area contributed by atoms with Gasteiger partial charge in [0.05, 0.1) is 18.6 Å². The van der Waals surface area contributed by atoms with Gasteiger partial charge in [0, 0.05) is 19.4 Å². The Balaban J connectivity index is 2.02. The Morgan fingerprint density at radius 2 is 1.95 bits per heavy atom. The summed E-state index contributed by atoms with van der Waals surface area (Å²) in [4.78, 5) is 17.8. The minimum Gasteiger partial charge on any atom is -0.388 e. The van der Waals surface area contributed by atoms with Crippen molar-refractivity contribution < 1.29 is 14.3 Å². The highest BCUT2D eigenvalue weighted by Gasteiger charge is 2.21. The number of aromatic nitrogens is 1. The smallest absolute Gasteiger partial charge is 0.225 e. The molecule has 0 saturated carbocycles. The van der Waals surface area contributed by atoms with Crippen LogP contribution in [0.25, 0.3) is 0 Å². The summed E-state index contributed by atoms with van der Waals surface area (Å²) in [5, 5.41) is 10.1. The average Bonchev–Trinajstić information content (AvgIpc) is 2.54. The Morgan fingerprint density at radius 1 is 1.27 bits per heavy atom. The number of benzene rings is 1. The molecule has 0 aliphatic rings. The molecule has 22 heavy (non-hydrogen) atoms. The standard InChI is InChI=1S/C17H19FN2O2/c1-12(13-6-8-19-9-7-13)20(2)17(22)11-16(21)14-4-3-5-15(18)10-14/h3-10,12,16,21H,11H2,1-2H3. The van der Waals surface area contributed by atoms with Crippen LogP contribution in [0.4, 0.5) is 4.39 Å². The summed E-state index contributed by atoms with van der Waals surface area (Å²) in [6.45, 7) is 1.90. The van der Waals surface area contributed by atoms with E-state index >= 15 is 0 Å². The van der Waals surface area contributed by atoms with Gasteiger partial charge in [-0.3, -0.25) is 9.78 Å². The summed E-state index contributed by atoms with van der Waals surface area (Å²) >= 11 is 0. The van der Waals surface area contributed by atoms with Crippen molar-refractivity contribution in [2.45, 2.75) is 25.5 Å². The van der Waals surface area contributed by atoms with Crippen LogP contribution in [-0.4, -0.2) is 27.9 Å². The van der Waals surface area contributed by atoms with Crippen molar-refractivity contribution in [1.82, 2.24) is 9.88 Å². The molecule has 4 nitrogen and oxygen atoms in total. The molecule has 2 aromatic rings. The molecule has 116 valence electrons. The highest BCUT2D eigenvalue weighted by Crippen LogP contribution is 2.22. The van der Waals surface area contributed by atoms with Gasteiger partial charge in [0.2, 0.25) is 5.91 Å². The van der Waals surface area contributed by atoms with Crippen LogP contribution in [-0.2, 0) is 4.79 Å². The molecule has 1 aromatic carbocycles. The maximum Gasteiger partial charge on any atom is 0.225 e. The van der Waals surface area contributed by atoms with E-state index in [0.717, 1.165) is 5.56 Å². The first-order valence-electron chi connectivity index (χ1n) is 7.08. The zero-order valence-corrected chi connectivity index (χ0v) is 12.6. The summed E-state index contributed by atoms with van der Waals surface area (Å²) in [7, 11) is 1.69. The lowest BCUT2D eigenvalue weighted by molar-refractivity contribution is -0.134. The van der Waals surface area contributed by atoms with Crippen molar-refractivity contribution >= 4 is 5.91 Å². The average molecular weight is 302 g/mol. The Hall–Kier alpha value is -2.27. The van der Waals surface area contributed by atoms with E-state index < -0.39 is 11.9 Å². The topological polar surface area (TPSA) is 53.4 Å². The van der Waals surface area contributed by atoms with Gasteiger partial charge in [-0.25, -0.2) is 4.39 Å². The maximum absolute atomic E-state index is 13.2. The maximum atomic E-state index is 13.2. The van der Waals surface area contributed by atoms with E-state index in [4.69, 9.17) is 0 Å². The highest BCUT2D eigenvalue weighted by atomic mass is 19.1. The number of hydrogen-bond donors (Lipinski definition) is 1. The minimum absolute atomic E-state index is 0.0879. The molecule has 1 N–H and O–H groups in total. The van der Waals surface area contributed by atoms with Crippen molar-refractivity contribution in [3.8, 4) is 0 Å². The first kappa shape index (κ1) is 16.1. The number of pyridine rings is 1. The molecule has 5 heteroatoms. The van der Waals surface area contributed by atoms with Crippen LogP contribution in [0.2, 0.25) is 0 Å². The Morgan fingerprint density at radius 3 is 2.59 bits per heavy atom. The van der Waals surface area contributed by atoms with Crippen molar-refractivity contribution in [2.24, 2.45) is 0 Å². The molecule has 0 spiro atoms. The zero-order valence-electron chi connectivity index (χ0n) is 12.6. The second-order valence-electron chi connectivity index (χ2n) is 5.24. The van der Waals surface area contributed by atoms with E-state index in [-0.39, 0.29) is 18.4 Å². The summed E-state index contributed by atoms with van der Waals surface area (Å²) in [6, 6.07) is 9.22. The van der Waals surface area contributed by atoms with E-state index in [2.05, 4.69) is 4.98 Å². The molecule has 0 fully saturated rings. The Bertz CT molecular complexity index is 634. The quantitative estimate of drug-likeness (QED) is 0.924. The molecule has 2 atom stereocenters. The molecule has 2 unspecified atom stereocenters. The third-order valence-corrected chi connectivity index (χ3v) is 3.76. The largest absolute Gasteiger partial charge is 0.388 e. The van der Waals surface area contributed by atoms with Gasteiger partial charge in [-0.05, 0) is 42.3 Å². The number of carbonyl (C=O) groups excluding carboxylic acids is 1. The van der Waals surface area contributed by atoms with Crippen molar-refractivity contribution in [3.63, 3.8) is 0 Å². The van der Waals surface area contributed by atoms with Crippen molar-refractivity contribution in [3.05, 3.63) is 65.7 Å². The van der Waals surface area contributed by atoms with Crippen LogP contribution in [0.1, 0.15) is 36.6 Å². The molecule has 0 radical (unpaired) electrons. The van der Waals surface area contributed by atoms with Crippen LogP contribution in [0, 0.1) is 5.82 Å². The molecule has 2 rings (SSSR count). The van der Waals surface area contributed by atoms with Gasteiger partial charge in [0.1, 0.15) is 5.82 Å². The van der Waals surface area contributed by atoms with Gasteiger partial charge in [-0.2, -0.15) is 0 Å². The molecule has 0 saturated heterocycles. The first-order valence-corrected chi connectivity index (χ1v) is 7.08.